The van der Waals surface area contributed by atoms with Gasteiger partial charge in [0.15, 0.2) is 0 Å². The highest BCUT2D eigenvalue weighted by molar-refractivity contribution is 5.18. The molecular weight excluding hydrogens is 262 g/mol. The largest absolute Gasteiger partial charge is 0.396 e. The number of aliphatic hydroxyl groups excluding tert-OH is 1. The molecule has 1 aromatic carbocycles. The molecule has 2 atom stereocenters. The molecule has 1 aliphatic heterocycles. The quantitative estimate of drug-likeness (QED) is 0.912. The minimum absolute atomic E-state index is 0.172. The highest BCUT2D eigenvalue weighted by atomic mass is 19.1. The molecule has 0 spiro atoms. The normalized spacial score (nSPS) is 24.3. The van der Waals surface area contributed by atoms with Gasteiger partial charge in [0.2, 0.25) is 0 Å². The lowest BCUT2D eigenvalue weighted by molar-refractivity contribution is 0.0456. The Morgan fingerprint density at radius 3 is 2.75 bits per heavy atom. The molecule has 0 aromatic heterocycles. The third kappa shape index (κ3) is 3.53. The van der Waals surface area contributed by atoms with E-state index in [0.717, 1.165) is 25.6 Å². The van der Waals surface area contributed by atoms with Crippen LogP contribution in [0.25, 0.3) is 0 Å². The third-order valence-corrected chi connectivity index (χ3v) is 4.11. The smallest absolute Gasteiger partial charge is 0.127 e. The van der Waals surface area contributed by atoms with Crippen molar-refractivity contribution in [3.8, 4) is 0 Å². The zero-order valence-electron chi connectivity index (χ0n) is 12.0. The first kappa shape index (κ1) is 15.4. The van der Waals surface area contributed by atoms with Crippen LogP contribution in [0.3, 0.4) is 0 Å². The second-order valence-electron chi connectivity index (χ2n) is 5.73. The van der Waals surface area contributed by atoms with Crippen LogP contribution in [0.4, 0.5) is 8.78 Å². The van der Waals surface area contributed by atoms with Gasteiger partial charge in [0.25, 0.3) is 0 Å². The van der Waals surface area contributed by atoms with E-state index in [1.54, 1.807) is 0 Å². The van der Waals surface area contributed by atoms with Crippen molar-refractivity contribution in [2.75, 3.05) is 33.8 Å². The minimum atomic E-state index is -0.407. The summed E-state index contributed by atoms with van der Waals surface area (Å²) >= 11 is 0. The van der Waals surface area contributed by atoms with Gasteiger partial charge in [-0.3, -0.25) is 4.90 Å². The highest BCUT2D eigenvalue weighted by Crippen LogP contribution is 2.23. The van der Waals surface area contributed by atoms with Crippen LogP contribution in [0.2, 0.25) is 0 Å². The lowest BCUT2D eigenvalue weighted by Crippen LogP contribution is -2.51. The Morgan fingerprint density at radius 1 is 1.35 bits per heavy atom. The number of benzene rings is 1. The summed E-state index contributed by atoms with van der Waals surface area (Å²) in [4.78, 5) is 4.21. The maximum Gasteiger partial charge on any atom is 0.127 e. The van der Waals surface area contributed by atoms with Crippen molar-refractivity contribution in [3.05, 3.63) is 35.4 Å². The average Bonchev–Trinajstić information content (AvgIpc) is 2.42. The van der Waals surface area contributed by atoms with E-state index >= 15 is 0 Å². The van der Waals surface area contributed by atoms with Crippen molar-refractivity contribution in [1.29, 1.82) is 0 Å². The second-order valence-corrected chi connectivity index (χ2v) is 5.73. The van der Waals surface area contributed by atoms with E-state index in [0.29, 0.717) is 12.1 Å². The third-order valence-electron chi connectivity index (χ3n) is 4.11. The van der Waals surface area contributed by atoms with Crippen LogP contribution < -0.4 is 0 Å². The monoisotopic (exact) mass is 284 g/mol. The predicted molar refractivity (Wildman–Crippen MR) is 74.3 cm³/mol. The zero-order valence-corrected chi connectivity index (χ0v) is 12.0. The summed E-state index contributed by atoms with van der Waals surface area (Å²) in [6.07, 6.45) is 0.871. The van der Waals surface area contributed by atoms with Crippen LogP contribution >= 0.6 is 0 Å². The molecule has 0 bridgehead atoms. The van der Waals surface area contributed by atoms with Crippen LogP contribution in [0.15, 0.2) is 18.2 Å². The number of hydrogen-bond acceptors (Lipinski definition) is 3. The van der Waals surface area contributed by atoms with E-state index in [-0.39, 0.29) is 24.4 Å². The van der Waals surface area contributed by atoms with Crippen LogP contribution in [0.1, 0.15) is 12.0 Å². The van der Waals surface area contributed by atoms with E-state index in [1.165, 1.54) is 12.1 Å². The molecule has 1 saturated heterocycles. The van der Waals surface area contributed by atoms with Gasteiger partial charge in [-0.1, -0.05) is 0 Å². The van der Waals surface area contributed by atoms with E-state index in [4.69, 9.17) is 0 Å². The van der Waals surface area contributed by atoms with Crippen molar-refractivity contribution < 1.29 is 13.9 Å². The number of piperidine rings is 1. The Labute approximate surface area is 118 Å². The van der Waals surface area contributed by atoms with Gasteiger partial charge in [-0.05, 0) is 51.2 Å². The summed E-state index contributed by atoms with van der Waals surface area (Å²) in [7, 11) is 3.97. The molecule has 20 heavy (non-hydrogen) atoms. The molecule has 1 aliphatic rings. The maximum atomic E-state index is 13.7. The fourth-order valence-corrected chi connectivity index (χ4v) is 2.89. The number of nitrogens with zero attached hydrogens (tertiary/aromatic N) is 2. The number of hydrogen-bond donors (Lipinski definition) is 1. The summed E-state index contributed by atoms with van der Waals surface area (Å²) < 4.78 is 26.9. The first-order valence-electron chi connectivity index (χ1n) is 6.95. The van der Waals surface area contributed by atoms with E-state index < -0.39 is 5.82 Å². The van der Waals surface area contributed by atoms with Gasteiger partial charge in [-0.2, -0.15) is 0 Å². The molecule has 1 N–H and O–H groups in total. The molecule has 0 unspecified atom stereocenters. The Balaban J connectivity index is 2.05. The fourth-order valence-electron chi connectivity index (χ4n) is 2.89. The van der Waals surface area contributed by atoms with Crippen molar-refractivity contribution in [2.45, 2.75) is 19.0 Å². The topological polar surface area (TPSA) is 26.7 Å². The molecule has 0 aliphatic carbocycles. The molecule has 0 saturated carbocycles. The highest BCUT2D eigenvalue weighted by Gasteiger charge is 2.30. The lowest BCUT2D eigenvalue weighted by Gasteiger charge is -2.41. The van der Waals surface area contributed by atoms with Crippen molar-refractivity contribution in [2.24, 2.45) is 5.92 Å². The number of halogens is 2. The van der Waals surface area contributed by atoms with Gasteiger partial charge in [0, 0.05) is 31.3 Å². The van der Waals surface area contributed by atoms with Crippen LogP contribution in [-0.2, 0) is 6.54 Å². The molecule has 112 valence electrons. The number of aliphatic hydroxyl groups is 1. The zero-order chi connectivity index (χ0) is 14.7. The first-order chi connectivity index (χ1) is 9.51. The first-order valence-corrected chi connectivity index (χ1v) is 6.95. The predicted octanol–water partition coefficient (Wildman–Crippen LogP) is 1.71. The van der Waals surface area contributed by atoms with Gasteiger partial charge in [-0.15, -0.1) is 0 Å². The molecule has 5 heteroatoms. The molecule has 1 fully saturated rings. The Morgan fingerprint density at radius 2 is 2.10 bits per heavy atom. The molecule has 3 nitrogen and oxygen atoms in total. The summed E-state index contributed by atoms with van der Waals surface area (Å²) in [5, 5.41) is 9.41. The van der Waals surface area contributed by atoms with Crippen LogP contribution in [-0.4, -0.2) is 54.7 Å². The number of likely N-dealkylation sites (N-methyl/N-ethyl adjacent to an activating group) is 1. The standard InChI is InChI=1S/C15H22F2N2O/c1-18(2)15-9-19(6-5-11(15)10-20)8-12-7-13(16)3-4-14(12)17/h3-4,7,11,15,20H,5-6,8-10H2,1-2H3/t11-,15-/m1/s1. The number of rotatable bonds is 4. The summed E-state index contributed by atoms with van der Waals surface area (Å²) in [5.41, 5.74) is 0.393. The summed E-state index contributed by atoms with van der Waals surface area (Å²) in [5.74, 6) is -0.522. The van der Waals surface area contributed by atoms with E-state index in [2.05, 4.69) is 9.80 Å². The van der Waals surface area contributed by atoms with Gasteiger partial charge in [0.05, 0.1) is 0 Å². The van der Waals surface area contributed by atoms with Crippen molar-refractivity contribution in [1.82, 2.24) is 9.80 Å². The molecule has 1 aromatic rings. The van der Waals surface area contributed by atoms with Gasteiger partial charge >= 0.3 is 0 Å². The molecule has 0 radical (unpaired) electrons. The van der Waals surface area contributed by atoms with Crippen LogP contribution in [0.5, 0.6) is 0 Å². The summed E-state index contributed by atoms with van der Waals surface area (Å²) in [6, 6.07) is 3.82. The van der Waals surface area contributed by atoms with Gasteiger partial charge < -0.3 is 10.0 Å². The van der Waals surface area contributed by atoms with E-state index in [1.807, 2.05) is 14.1 Å². The van der Waals surface area contributed by atoms with E-state index in [9.17, 15) is 13.9 Å². The number of likely N-dealkylation sites (tertiary alicyclic amines) is 1. The molecular formula is C15H22F2N2O. The van der Waals surface area contributed by atoms with Crippen molar-refractivity contribution >= 4 is 0 Å². The molecule has 0 amide bonds. The Hall–Kier alpha value is -1.04. The Kier molecular flexibility index (Phi) is 5.07. The Bertz CT molecular complexity index is 453. The molecule has 1 heterocycles. The summed E-state index contributed by atoms with van der Waals surface area (Å²) in [6.45, 7) is 2.14. The van der Waals surface area contributed by atoms with Crippen molar-refractivity contribution in [3.63, 3.8) is 0 Å². The van der Waals surface area contributed by atoms with Gasteiger partial charge in [-0.25, -0.2) is 8.78 Å². The molecule has 2 rings (SSSR count). The SMILES string of the molecule is CN(C)[C@@H]1CN(Cc2cc(F)ccc2F)CC[C@@H]1CO. The lowest BCUT2D eigenvalue weighted by atomic mass is 9.91. The maximum absolute atomic E-state index is 13.7. The second kappa shape index (κ2) is 6.61. The average molecular weight is 284 g/mol. The van der Waals surface area contributed by atoms with Gasteiger partial charge in [0.1, 0.15) is 11.6 Å². The van der Waals surface area contributed by atoms with Crippen LogP contribution in [0, 0.1) is 17.6 Å². The minimum Gasteiger partial charge on any atom is -0.396 e. The fraction of sp³-hybridized carbons (Fsp3) is 0.600.